The quantitative estimate of drug-likeness (QED) is 0.505. The molecule has 0 bridgehead atoms. The van der Waals surface area contributed by atoms with E-state index in [2.05, 4.69) is 5.32 Å². The maximum absolute atomic E-state index is 12.0. The number of nitrogens with one attached hydrogen (secondary N) is 1. The van der Waals surface area contributed by atoms with E-state index in [1.165, 1.54) is 30.3 Å². The summed E-state index contributed by atoms with van der Waals surface area (Å²) in [6.07, 6.45) is 0. The summed E-state index contributed by atoms with van der Waals surface area (Å²) in [4.78, 5) is 22.0. The molecule has 110 valence electrons. The van der Waals surface area contributed by atoms with Gasteiger partial charge in [-0.05, 0) is 24.3 Å². The van der Waals surface area contributed by atoms with E-state index in [0.717, 1.165) is 6.07 Å². The molecule has 0 radical (unpaired) electrons. The number of carbonyl (C=O) groups excluding carboxylic acids is 1. The van der Waals surface area contributed by atoms with E-state index in [9.17, 15) is 20.0 Å². The SMILES string of the molecule is O=C(Nc1ccc([N+](=O)[O-])cc1Cl)c1cc(Cl)ccc1O.[NaH]. The zero-order valence-electron chi connectivity index (χ0n) is 10.3. The van der Waals surface area contributed by atoms with E-state index in [0.29, 0.717) is 0 Å². The average molecular weight is 351 g/mol. The van der Waals surface area contributed by atoms with Crippen molar-refractivity contribution < 1.29 is 14.8 Å². The van der Waals surface area contributed by atoms with Gasteiger partial charge in [0.1, 0.15) is 5.75 Å². The molecule has 22 heavy (non-hydrogen) atoms. The molecule has 0 aliphatic heterocycles. The minimum atomic E-state index is -0.634. The van der Waals surface area contributed by atoms with Crippen molar-refractivity contribution in [2.75, 3.05) is 5.32 Å². The van der Waals surface area contributed by atoms with E-state index in [4.69, 9.17) is 23.2 Å². The van der Waals surface area contributed by atoms with Gasteiger partial charge in [0, 0.05) is 17.2 Å². The normalized spacial score (nSPS) is 9.73. The fourth-order valence-electron chi connectivity index (χ4n) is 1.60. The molecule has 0 heterocycles. The average Bonchev–Trinajstić information content (AvgIpc) is 2.43. The van der Waals surface area contributed by atoms with E-state index >= 15 is 0 Å². The summed E-state index contributed by atoms with van der Waals surface area (Å²) in [7, 11) is 0. The number of halogens is 2. The molecule has 1 amide bonds. The molecule has 2 aromatic rings. The first-order chi connectivity index (χ1) is 9.88. The minimum absolute atomic E-state index is 0. The molecule has 6 nitrogen and oxygen atoms in total. The Morgan fingerprint density at radius 2 is 1.86 bits per heavy atom. The number of non-ortho nitro benzene ring substituents is 1. The molecular formula is C13H9Cl2N2NaO4. The maximum atomic E-state index is 12.0. The van der Waals surface area contributed by atoms with Crippen LogP contribution in [0, 0.1) is 10.1 Å². The van der Waals surface area contributed by atoms with Crippen molar-refractivity contribution in [3.8, 4) is 5.75 Å². The van der Waals surface area contributed by atoms with Gasteiger partial charge in [-0.25, -0.2) is 0 Å². The van der Waals surface area contributed by atoms with Gasteiger partial charge >= 0.3 is 29.6 Å². The number of benzene rings is 2. The molecule has 9 heteroatoms. The van der Waals surface area contributed by atoms with Gasteiger partial charge in [0.05, 0.1) is 21.2 Å². The van der Waals surface area contributed by atoms with Crippen LogP contribution in [0.2, 0.25) is 10.0 Å². The van der Waals surface area contributed by atoms with Crippen molar-refractivity contribution in [3.63, 3.8) is 0 Å². The number of nitro benzene ring substituents is 1. The molecule has 0 atom stereocenters. The van der Waals surface area contributed by atoms with Gasteiger partial charge in [-0.2, -0.15) is 0 Å². The van der Waals surface area contributed by atoms with Crippen molar-refractivity contribution in [1.82, 2.24) is 0 Å². The topological polar surface area (TPSA) is 92.5 Å². The van der Waals surface area contributed by atoms with Crippen molar-refractivity contribution in [2.45, 2.75) is 0 Å². The van der Waals surface area contributed by atoms with Crippen LogP contribution in [0.25, 0.3) is 0 Å². The molecule has 0 aromatic heterocycles. The van der Waals surface area contributed by atoms with Crippen LogP contribution in [0.4, 0.5) is 11.4 Å². The van der Waals surface area contributed by atoms with Crippen LogP contribution in [0.1, 0.15) is 10.4 Å². The third kappa shape index (κ3) is 4.34. The summed E-state index contributed by atoms with van der Waals surface area (Å²) in [5.74, 6) is -0.874. The number of nitrogens with zero attached hydrogens (tertiary/aromatic N) is 1. The summed E-state index contributed by atoms with van der Waals surface area (Å²) in [5.41, 5.74) is -0.0350. The van der Waals surface area contributed by atoms with Gasteiger partial charge in [-0.3, -0.25) is 14.9 Å². The van der Waals surface area contributed by atoms with Crippen molar-refractivity contribution >= 4 is 70.0 Å². The number of phenols is 1. The van der Waals surface area contributed by atoms with Gasteiger partial charge in [0.25, 0.3) is 11.6 Å². The number of anilines is 1. The van der Waals surface area contributed by atoms with Crippen LogP contribution in [-0.4, -0.2) is 45.5 Å². The summed E-state index contributed by atoms with van der Waals surface area (Å²) < 4.78 is 0. The van der Waals surface area contributed by atoms with Gasteiger partial charge in [-0.15, -0.1) is 0 Å². The first-order valence-corrected chi connectivity index (χ1v) is 6.38. The zero-order chi connectivity index (χ0) is 15.6. The Bertz CT molecular complexity index is 740. The zero-order valence-corrected chi connectivity index (χ0v) is 11.9. The number of hydrogen-bond acceptors (Lipinski definition) is 4. The fourth-order valence-corrected chi connectivity index (χ4v) is 1.99. The van der Waals surface area contributed by atoms with Crippen molar-refractivity contribution in [3.05, 3.63) is 62.1 Å². The summed E-state index contributed by atoms with van der Waals surface area (Å²) in [5, 5.41) is 23.0. The molecule has 0 aliphatic rings. The van der Waals surface area contributed by atoms with Gasteiger partial charge in [0.2, 0.25) is 0 Å². The Morgan fingerprint density at radius 1 is 1.18 bits per heavy atom. The number of phenolic OH excluding ortho intramolecular Hbond substituents is 1. The number of rotatable bonds is 3. The molecule has 0 unspecified atom stereocenters. The Morgan fingerprint density at radius 3 is 2.45 bits per heavy atom. The molecule has 2 aromatic carbocycles. The number of carbonyl (C=O) groups is 1. The Balaban J connectivity index is 0.00000242. The molecule has 0 saturated heterocycles. The van der Waals surface area contributed by atoms with E-state index in [1.54, 1.807) is 0 Å². The van der Waals surface area contributed by atoms with E-state index in [1.807, 2.05) is 0 Å². The Kier molecular flexibility index (Phi) is 6.65. The molecular weight excluding hydrogens is 342 g/mol. The van der Waals surface area contributed by atoms with E-state index in [-0.39, 0.29) is 62.3 Å². The second-order valence-electron chi connectivity index (χ2n) is 4.04. The van der Waals surface area contributed by atoms with Crippen LogP contribution in [0.15, 0.2) is 36.4 Å². The third-order valence-electron chi connectivity index (χ3n) is 2.61. The Labute approximate surface area is 157 Å². The van der Waals surface area contributed by atoms with Crippen LogP contribution in [0.5, 0.6) is 5.75 Å². The number of aromatic hydroxyl groups is 1. The standard InChI is InChI=1S/C13H8Cl2N2O4.Na.H/c14-7-1-4-12(18)9(5-7)13(19)16-11-3-2-8(17(20)21)6-10(11)15;;/h1-6,18H,(H,16,19);;. The number of nitro groups is 1. The van der Waals surface area contributed by atoms with Gasteiger partial charge < -0.3 is 10.4 Å². The van der Waals surface area contributed by atoms with Crippen LogP contribution in [-0.2, 0) is 0 Å². The van der Waals surface area contributed by atoms with Gasteiger partial charge in [0.15, 0.2) is 0 Å². The van der Waals surface area contributed by atoms with Crippen molar-refractivity contribution in [2.24, 2.45) is 0 Å². The molecule has 0 spiro atoms. The van der Waals surface area contributed by atoms with Crippen LogP contribution < -0.4 is 5.32 Å². The second-order valence-corrected chi connectivity index (χ2v) is 4.88. The van der Waals surface area contributed by atoms with Gasteiger partial charge in [-0.1, -0.05) is 23.2 Å². The van der Waals surface area contributed by atoms with Crippen LogP contribution >= 0.6 is 23.2 Å². The number of amides is 1. The fraction of sp³-hybridized carbons (Fsp3) is 0. The first-order valence-electron chi connectivity index (χ1n) is 5.62. The first kappa shape index (κ1) is 18.7. The monoisotopic (exact) mass is 350 g/mol. The summed E-state index contributed by atoms with van der Waals surface area (Å²) in [6.45, 7) is 0. The summed E-state index contributed by atoms with van der Waals surface area (Å²) in [6, 6.07) is 7.65. The molecule has 0 saturated carbocycles. The predicted molar refractivity (Wildman–Crippen MR) is 86.3 cm³/mol. The molecule has 2 rings (SSSR count). The van der Waals surface area contributed by atoms with E-state index < -0.39 is 10.8 Å². The van der Waals surface area contributed by atoms with Crippen molar-refractivity contribution in [1.29, 1.82) is 0 Å². The van der Waals surface area contributed by atoms with Crippen LogP contribution in [0.3, 0.4) is 0 Å². The molecule has 2 N–H and O–H groups in total. The Hall–Kier alpha value is -1.31. The molecule has 0 fully saturated rings. The molecule has 0 aliphatic carbocycles. The number of hydrogen-bond donors (Lipinski definition) is 2. The third-order valence-corrected chi connectivity index (χ3v) is 3.16. The second kappa shape index (κ2) is 7.80. The summed E-state index contributed by atoms with van der Waals surface area (Å²) >= 11 is 11.6. The predicted octanol–water partition coefficient (Wildman–Crippen LogP) is 3.21.